The van der Waals surface area contributed by atoms with E-state index in [9.17, 15) is 9.90 Å². The number of hydrogen-bond acceptors (Lipinski definition) is 4. The predicted octanol–water partition coefficient (Wildman–Crippen LogP) is 1.67. The van der Waals surface area contributed by atoms with E-state index < -0.39 is 6.10 Å². The van der Waals surface area contributed by atoms with Gasteiger partial charge in [0.1, 0.15) is 0 Å². The van der Waals surface area contributed by atoms with Gasteiger partial charge < -0.3 is 14.9 Å². The number of carbonyl (C=O) groups is 1. The fourth-order valence-corrected chi connectivity index (χ4v) is 2.71. The number of amides is 1. The van der Waals surface area contributed by atoms with E-state index in [-0.39, 0.29) is 5.91 Å². The van der Waals surface area contributed by atoms with Crippen molar-refractivity contribution in [3.05, 3.63) is 29.3 Å². The van der Waals surface area contributed by atoms with Gasteiger partial charge in [-0.2, -0.15) is 5.26 Å². The Kier molecular flexibility index (Phi) is 4.81. The molecular weight excluding hydrogens is 266 g/mol. The Labute approximate surface area is 125 Å². The zero-order valence-electron chi connectivity index (χ0n) is 12.5. The molecule has 0 spiro atoms. The molecule has 1 atom stereocenters. The molecule has 0 aromatic heterocycles. The van der Waals surface area contributed by atoms with Gasteiger partial charge >= 0.3 is 0 Å². The topological polar surface area (TPSA) is 67.6 Å². The number of carbonyl (C=O) groups excluding carboxylic acids is 1. The summed E-state index contributed by atoms with van der Waals surface area (Å²) in [5, 5.41) is 19.0. The summed E-state index contributed by atoms with van der Waals surface area (Å²) in [6, 6.07) is 7.51. The van der Waals surface area contributed by atoms with Crippen LogP contribution in [0.5, 0.6) is 0 Å². The van der Waals surface area contributed by atoms with Crippen molar-refractivity contribution in [3.63, 3.8) is 0 Å². The van der Waals surface area contributed by atoms with Gasteiger partial charge in [0, 0.05) is 44.4 Å². The van der Waals surface area contributed by atoms with E-state index in [1.807, 2.05) is 17.0 Å². The van der Waals surface area contributed by atoms with Gasteiger partial charge in [-0.1, -0.05) is 6.07 Å². The molecule has 1 saturated heterocycles. The Balaban J connectivity index is 2.28. The summed E-state index contributed by atoms with van der Waals surface area (Å²) < 4.78 is 0. The van der Waals surface area contributed by atoms with Gasteiger partial charge in [0.15, 0.2) is 0 Å². The molecule has 0 radical (unpaired) electrons. The molecule has 21 heavy (non-hydrogen) atoms. The lowest BCUT2D eigenvalue weighted by atomic mass is 10.0. The van der Waals surface area contributed by atoms with Crippen molar-refractivity contribution < 1.29 is 9.90 Å². The van der Waals surface area contributed by atoms with Crippen molar-refractivity contribution in [2.45, 2.75) is 26.4 Å². The van der Waals surface area contributed by atoms with Crippen LogP contribution in [0.2, 0.25) is 0 Å². The molecule has 1 aliphatic heterocycles. The lowest BCUT2D eigenvalue weighted by Crippen LogP contribution is -2.34. The van der Waals surface area contributed by atoms with Gasteiger partial charge in [-0.05, 0) is 25.5 Å². The summed E-state index contributed by atoms with van der Waals surface area (Å²) in [4.78, 5) is 15.5. The molecule has 1 aliphatic rings. The number of rotatable bonds is 2. The maximum atomic E-state index is 11.5. The summed E-state index contributed by atoms with van der Waals surface area (Å²) >= 11 is 0. The minimum atomic E-state index is -0.583. The van der Waals surface area contributed by atoms with Crippen LogP contribution < -0.4 is 4.90 Å². The molecule has 2 rings (SSSR count). The molecule has 0 aliphatic carbocycles. The minimum Gasteiger partial charge on any atom is -0.389 e. The molecule has 1 amide bonds. The molecule has 0 bridgehead atoms. The van der Waals surface area contributed by atoms with Gasteiger partial charge in [-0.25, -0.2) is 0 Å². The first-order valence-electron chi connectivity index (χ1n) is 7.25. The third kappa shape index (κ3) is 3.53. The monoisotopic (exact) mass is 287 g/mol. The van der Waals surface area contributed by atoms with E-state index in [1.54, 1.807) is 19.9 Å². The number of benzene rings is 1. The van der Waals surface area contributed by atoms with Crippen LogP contribution in [-0.2, 0) is 4.79 Å². The van der Waals surface area contributed by atoms with E-state index in [1.165, 1.54) is 0 Å². The van der Waals surface area contributed by atoms with E-state index in [0.717, 1.165) is 30.8 Å². The Morgan fingerprint density at radius 1 is 1.33 bits per heavy atom. The van der Waals surface area contributed by atoms with E-state index in [4.69, 9.17) is 5.26 Å². The predicted molar refractivity (Wildman–Crippen MR) is 80.9 cm³/mol. The van der Waals surface area contributed by atoms with Crippen molar-refractivity contribution in [2.24, 2.45) is 0 Å². The lowest BCUT2D eigenvalue weighted by Gasteiger charge is -2.27. The highest BCUT2D eigenvalue weighted by molar-refractivity contribution is 5.73. The fraction of sp³-hybridized carbons (Fsp3) is 0.500. The van der Waals surface area contributed by atoms with Crippen molar-refractivity contribution in [1.82, 2.24) is 4.90 Å². The molecule has 1 heterocycles. The SMILES string of the molecule is CC(=O)N1CCCN(c2cc(C#N)ccc2[C@H](C)O)CC1. The lowest BCUT2D eigenvalue weighted by molar-refractivity contribution is -0.128. The Bertz CT molecular complexity index is 563. The molecule has 112 valence electrons. The molecular formula is C16H21N3O2. The molecule has 1 aromatic rings. The normalized spacial score (nSPS) is 17.0. The molecule has 0 unspecified atom stereocenters. The summed E-state index contributed by atoms with van der Waals surface area (Å²) in [6.07, 6.45) is 0.301. The van der Waals surface area contributed by atoms with Crippen LogP contribution in [0.1, 0.15) is 37.5 Å². The smallest absolute Gasteiger partial charge is 0.219 e. The molecule has 0 saturated carbocycles. The summed E-state index contributed by atoms with van der Waals surface area (Å²) in [5.41, 5.74) is 2.31. The van der Waals surface area contributed by atoms with Crippen LogP contribution in [0.15, 0.2) is 18.2 Å². The van der Waals surface area contributed by atoms with Gasteiger partial charge in [-0.15, -0.1) is 0 Å². The van der Waals surface area contributed by atoms with Crippen molar-refractivity contribution in [1.29, 1.82) is 5.26 Å². The fourth-order valence-electron chi connectivity index (χ4n) is 2.71. The Morgan fingerprint density at radius 2 is 2.10 bits per heavy atom. The van der Waals surface area contributed by atoms with Gasteiger partial charge in [0.05, 0.1) is 17.7 Å². The Hall–Kier alpha value is -2.06. The number of aliphatic hydroxyl groups excluding tert-OH is 1. The van der Waals surface area contributed by atoms with E-state index in [2.05, 4.69) is 11.0 Å². The maximum Gasteiger partial charge on any atom is 0.219 e. The van der Waals surface area contributed by atoms with Gasteiger partial charge in [0.25, 0.3) is 0 Å². The number of hydrogen-bond donors (Lipinski definition) is 1. The highest BCUT2D eigenvalue weighted by Gasteiger charge is 2.20. The summed E-state index contributed by atoms with van der Waals surface area (Å²) in [7, 11) is 0. The Morgan fingerprint density at radius 3 is 2.71 bits per heavy atom. The maximum absolute atomic E-state index is 11.5. The largest absolute Gasteiger partial charge is 0.389 e. The van der Waals surface area contributed by atoms with Crippen LogP contribution >= 0.6 is 0 Å². The first kappa shape index (κ1) is 15.3. The van der Waals surface area contributed by atoms with Crippen molar-refractivity contribution in [3.8, 4) is 6.07 Å². The highest BCUT2D eigenvalue weighted by atomic mass is 16.3. The van der Waals surface area contributed by atoms with E-state index in [0.29, 0.717) is 18.7 Å². The third-order valence-electron chi connectivity index (χ3n) is 3.89. The van der Waals surface area contributed by atoms with Crippen LogP contribution in [-0.4, -0.2) is 42.1 Å². The van der Waals surface area contributed by atoms with E-state index >= 15 is 0 Å². The quantitative estimate of drug-likeness (QED) is 0.898. The number of anilines is 1. The zero-order chi connectivity index (χ0) is 15.4. The second kappa shape index (κ2) is 6.59. The number of aliphatic hydroxyl groups is 1. The number of nitrogens with zero attached hydrogens (tertiary/aromatic N) is 3. The second-order valence-electron chi connectivity index (χ2n) is 5.41. The molecule has 5 heteroatoms. The molecule has 1 N–H and O–H groups in total. The standard InChI is InChI=1S/C16H21N3O2/c1-12(20)15-5-4-14(11-17)10-16(15)19-7-3-6-18(8-9-19)13(2)21/h4-5,10,12,20H,3,6-9H2,1-2H3/t12-/m0/s1. The first-order valence-corrected chi connectivity index (χ1v) is 7.25. The van der Waals surface area contributed by atoms with Crippen molar-refractivity contribution in [2.75, 3.05) is 31.1 Å². The third-order valence-corrected chi connectivity index (χ3v) is 3.89. The highest BCUT2D eigenvalue weighted by Crippen LogP contribution is 2.28. The molecule has 1 aromatic carbocycles. The first-order chi connectivity index (χ1) is 10.0. The van der Waals surface area contributed by atoms with Crippen molar-refractivity contribution >= 4 is 11.6 Å². The zero-order valence-corrected chi connectivity index (χ0v) is 12.5. The van der Waals surface area contributed by atoms with Gasteiger partial charge in [0.2, 0.25) is 5.91 Å². The molecule has 5 nitrogen and oxygen atoms in total. The van der Waals surface area contributed by atoms with Crippen LogP contribution in [0.25, 0.3) is 0 Å². The van der Waals surface area contributed by atoms with Crippen LogP contribution in [0.4, 0.5) is 5.69 Å². The average Bonchev–Trinajstić information content (AvgIpc) is 2.72. The molecule has 1 fully saturated rings. The second-order valence-corrected chi connectivity index (χ2v) is 5.41. The summed E-state index contributed by atoms with van der Waals surface area (Å²) in [5.74, 6) is 0.0957. The van der Waals surface area contributed by atoms with Gasteiger partial charge in [-0.3, -0.25) is 4.79 Å². The number of nitriles is 1. The summed E-state index contributed by atoms with van der Waals surface area (Å²) in [6.45, 7) is 6.28. The van der Waals surface area contributed by atoms with Crippen LogP contribution in [0.3, 0.4) is 0 Å². The minimum absolute atomic E-state index is 0.0957. The average molecular weight is 287 g/mol. The van der Waals surface area contributed by atoms with Crippen LogP contribution in [0, 0.1) is 11.3 Å².